The van der Waals surface area contributed by atoms with Crippen LogP contribution in [0.5, 0.6) is 0 Å². The summed E-state index contributed by atoms with van der Waals surface area (Å²) in [5.74, 6) is 0.00743. The van der Waals surface area contributed by atoms with Gasteiger partial charge in [0.2, 0.25) is 0 Å². The summed E-state index contributed by atoms with van der Waals surface area (Å²) in [6.45, 7) is 0. The Morgan fingerprint density at radius 1 is 0.741 bits per heavy atom. The molecule has 3 nitrogen and oxygen atoms in total. The minimum Gasteiger partial charge on any atom is -0.369 e. The van der Waals surface area contributed by atoms with Gasteiger partial charge in [0.15, 0.2) is 5.96 Å². The van der Waals surface area contributed by atoms with Crippen LogP contribution < -0.4 is 10.6 Å². The Labute approximate surface area is 170 Å². The van der Waals surface area contributed by atoms with E-state index >= 15 is 0 Å². The molecule has 0 radical (unpaired) electrons. The number of nitrogens with one attached hydrogen (secondary N) is 1. The zero-order valence-electron chi connectivity index (χ0n) is 14.4. The lowest BCUT2D eigenvalue weighted by Crippen LogP contribution is -2.32. The van der Waals surface area contributed by atoms with E-state index in [0.717, 1.165) is 27.5 Å². The topological polar surface area (TPSA) is 53.1 Å². The third kappa shape index (κ3) is 2.44. The third-order valence-electron chi connectivity index (χ3n) is 5.10. The number of nitrogens with zero attached hydrogens (tertiary/aromatic N) is 1. The van der Waals surface area contributed by atoms with Gasteiger partial charge < -0.3 is 5.73 Å². The van der Waals surface area contributed by atoms with E-state index in [4.69, 9.17) is 11.1 Å². The van der Waals surface area contributed by atoms with Gasteiger partial charge in [0, 0.05) is 14.3 Å². The Hall–Kier alpha value is -2.86. The summed E-state index contributed by atoms with van der Waals surface area (Å²) in [7, 11) is 0. The zero-order chi connectivity index (χ0) is 18.5. The molecular weight excluding hydrogens is 445 g/mol. The van der Waals surface area contributed by atoms with Gasteiger partial charge in [0.1, 0.15) is 0 Å². The van der Waals surface area contributed by atoms with Crippen molar-refractivity contribution < 1.29 is 0 Å². The monoisotopic (exact) mass is 461 g/mol. The smallest absolute Gasteiger partial charge is 0.197 e. The summed E-state index contributed by atoms with van der Waals surface area (Å²) >= 11 is 2.35. The van der Waals surface area contributed by atoms with E-state index in [1.807, 2.05) is 23.1 Å². The molecule has 130 valence electrons. The van der Waals surface area contributed by atoms with Gasteiger partial charge in [-0.25, -0.2) is 0 Å². The van der Waals surface area contributed by atoms with Gasteiger partial charge in [-0.3, -0.25) is 10.3 Å². The summed E-state index contributed by atoms with van der Waals surface area (Å²) in [5.41, 5.74) is 10.4. The second-order valence-corrected chi connectivity index (χ2v) is 7.77. The van der Waals surface area contributed by atoms with Crippen LogP contribution in [0.25, 0.3) is 33.7 Å². The number of hydrogen-bond donors (Lipinski definition) is 2. The Kier molecular flexibility index (Phi) is 3.68. The van der Waals surface area contributed by atoms with Gasteiger partial charge in [-0.2, -0.15) is 0 Å². The first kappa shape index (κ1) is 16.3. The number of nitrogens with two attached hydrogens (primary N) is 1. The molecule has 5 rings (SSSR count). The van der Waals surface area contributed by atoms with Gasteiger partial charge >= 0.3 is 0 Å². The van der Waals surface area contributed by atoms with Crippen LogP contribution in [-0.4, -0.2) is 5.96 Å². The average molecular weight is 461 g/mol. The highest BCUT2D eigenvalue weighted by Gasteiger charge is 2.20. The largest absolute Gasteiger partial charge is 0.369 e. The first-order valence-corrected chi connectivity index (χ1v) is 9.78. The van der Waals surface area contributed by atoms with Gasteiger partial charge in [-0.05, 0) is 62.7 Å². The predicted octanol–water partition coefficient (Wildman–Crippen LogP) is 6.11. The van der Waals surface area contributed by atoms with E-state index in [1.165, 1.54) is 20.1 Å². The van der Waals surface area contributed by atoms with Crippen molar-refractivity contribution in [2.75, 3.05) is 4.90 Å². The lowest BCUT2D eigenvalue weighted by atomic mass is 10.0. The van der Waals surface area contributed by atoms with Crippen LogP contribution in [-0.2, 0) is 0 Å². The molecule has 1 aliphatic rings. The third-order valence-corrected chi connectivity index (χ3v) is 6.04. The summed E-state index contributed by atoms with van der Waals surface area (Å²) in [6.07, 6.45) is 4.28. The van der Waals surface area contributed by atoms with Gasteiger partial charge in [-0.15, -0.1) is 0 Å². The molecule has 3 N–H and O–H groups in total. The van der Waals surface area contributed by atoms with Gasteiger partial charge in [0.05, 0.1) is 11.4 Å². The quantitative estimate of drug-likeness (QED) is 0.189. The van der Waals surface area contributed by atoms with Crippen LogP contribution in [0.1, 0.15) is 11.1 Å². The highest BCUT2D eigenvalue weighted by Crippen LogP contribution is 2.41. The van der Waals surface area contributed by atoms with E-state index in [9.17, 15) is 0 Å². The number of rotatable bonds is 2. The maximum Gasteiger partial charge on any atom is 0.197 e. The van der Waals surface area contributed by atoms with E-state index in [0.29, 0.717) is 0 Å². The Bertz CT molecular complexity index is 1260. The Morgan fingerprint density at radius 3 is 2.15 bits per heavy atom. The maximum atomic E-state index is 8.34. The molecule has 0 amide bonds. The van der Waals surface area contributed by atoms with Crippen LogP contribution >= 0.6 is 22.6 Å². The predicted molar refractivity (Wildman–Crippen MR) is 124 cm³/mol. The molecule has 0 spiro atoms. The van der Waals surface area contributed by atoms with Crippen molar-refractivity contribution in [3.8, 4) is 0 Å². The maximum absolute atomic E-state index is 8.34. The molecule has 0 atom stereocenters. The average Bonchev–Trinajstić information content (AvgIpc) is 3.10. The lowest BCUT2D eigenvalue weighted by Gasteiger charge is -2.26. The van der Waals surface area contributed by atoms with Crippen molar-refractivity contribution in [3.05, 3.63) is 81.4 Å². The molecule has 0 saturated heterocycles. The van der Waals surface area contributed by atoms with Crippen molar-refractivity contribution in [2.45, 2.75) is 0 Å². The number of benzene rings is 4. The van der Waals surface area contributed by atoms with Crippen molar-refractivity contribution in [1.29, 1.82) is 5.41 Å². The van der Waals surface area contributed by atoms with Crippen LogP contribution in [0.15, 0.2) is 66.7 Å². The zero-order valence-corrected chi connectivity index (χ0v) is 16.6. The lowest BCUT2D eigenvalue weighted by molar-refractivity contribution is 1.27. The van der Waals surface area contributed by atoms with Crippen molar-refractivity contribution >= 4 is 73.6 Å². The van der Waals surface area contributed by atoms with Gasteiger partial charge in [0.25, 0.3) is 0 Å². The molecule has 4 aromatic rings. The van der Waals surface area contributed by atoms with Crippen molar-refractivity contribution in [1.82, 2.24) is 0 Å². The molecule has 27 heavy (non-hydrogen) atoms. The molecule has 4 aromatic carbocycles. The summed E-state index contributed by atoms with van der Waals surface area (Å²) < 4.78 is 1.18. The summed E-state index contributed by atoms with van der Waals surface area (Å²) in [6, 6.07) is 22.8. The molecule has 0 fully saturated rings. The SMILES string of the molecule is N=C(N)N(c1ccc(I)c2ccccc12)c1ccc2c3c(cccc13)C=C2. The fraction of sp³-hybridized carbons (Fsp3) is 0. The number of halogens is 1. The minimum atomic E-state index is 0.00743. The number of hydrogen-bond acceptors (Lipinski definition) is 1. The van der Waals surface area contributed by atoms with Crippen LogP contribution in [0.2, 0.25) is 0 Å². The Morgan fingerprint density at radius 2 is 1.37 bits per heavy atom. The molecule has 0 aromatic heterocycles. The van der Waals surface area contributed by atoms with E-state index in [2.05, 4.69) is 83.3 Å². The molecule has 1 aliphatic carbocycles. The van der Waals surface area contributed by atoms with E-state index in [-0.39, 0.29) is 5.96 Å². The normalized spacial score (nSPS) is 12.0. The van der Waals surface area contributed by atoms with E-state index < -0.39 is 0 Å². The molecular formula is C23H16IN3. The highest BCUT2D eigenvalue weighted by molar-refractivity contribution is 14.1. The van der Waals surface area contributed by atoms with Crippen LogP contribution in [0, 0.1) is 8.98 Å². The highest BCUT2D eigenvalue weighted by atomic mass is 127. The second-order valence-electron chi connectivity index (χ2n) is 6.61. The fourth-order valence-electron chi connectivity index (χ4n) is 3.93. The molecule has 4 heteroatoms. The van der Waals surface area contributed by atoms with Crippen LogP contribution in [0.3, 0.4) is 0 Å². The molecule has 0 saturated carbocycles. The standard InChI is InChI=1S/C23H16IN3/c24-19-11-13-20(17-6-2-1-5-16(17)19)27(23(25)26)21-12-10-15-9-8-14-4-3-7-18(21)22(14)15/h1-13H,(H3,25,26). The van der Waals surface area contributed by atoms with Crippen LogP contribution in [0.4, 0.5) is 11.4 Å². The number of fused-ring (bicyclic) bond motifs is 1. The fourth-order valence-corrected chi connectivity index (χ4v) is 4.58. The minimum absolute atomic E-state index is 0.00743. The second kappa shape index (κ2) is 6.09. The summed E-state index contributed by atoms with van der Waals surface area (Å²) in [5, 5.41) is 12.9. The molecule has 0 bridgehead atoms. The van der Waals surface area contributed by atoms with Crippen molar-refractivity contribution in [3.63, 3.8) is 0 Å². The summed E-state index contributed by atoms with van der Waals surface area (Å²) in [4.78, 5) is 1.85. The molecule has 0 heterocycles. The van der Waals surface area contributed by atoms with Gasteiger partial charge in [-0.1, -0.05) is 60.7 Å². The molecule has 0 aliphatic heterocycles. The first-order chi connectivity index (χ1) is 13.1. The molecule has 0 unspecified atom stereocenters. The number of anilines is 2. The van der Waals surface area contributed by atoms with E-state index in [1.54, 1.807) is 0 Å². The first-order valence-electron chi connectivity index (χ1n) is 8.70. The van der Waals surface area contributed by atoms with Crippen molar-refractivity contribution in [2.24, 2.45) is 5.73 Å². The Balaban J connectivity index is 1.83. The number of guanidine groups is 1.